The lowest BCUT2D eigenvalue weighted by atomic mass is 9.92. The zero-order valence-corrected chi connectivity index (χ0v) is 18.9. The van der Waals surface area contributed by atoms with E-state index in [2.05, 4.69) is 133 Å². The average molecular weight is 433 g/mol. The second-order valence-electron chi connectivity index (χ2n) is 8.64. The fourth-order valence-corrected chi connectivity index (χ4v) is 4.71. The van der Waals surface area contributed by atoms with Crippen LogP contribution in [0.1, 0.15) is 22.3 Å². The summed E-state index contributed by atoms with van der Waals surface area (Å²) in [5, 5.41) is 7.78. The summed E-state index contributed by atoms with van der Waals surface area (Å²) in [5.74, 6) is 0. The molecule has 0 saturated carbocycles. The molecule has 0 heterocycles. The van der Waals surface area contributed by atoms with Gasteiger partial charge in [0.25, 0.3) is 0 Å². The van der Waals surface area contributed by atoms with Crippen LogP contribution in [-0.4, -0.2) is 0 Å². The normalized spacial score (nSPS) is 11.9. The van der Waals surface area contributed by atoms with Gasteiger partial charge in [-0.3, -0.25) is 0 Å². The summed E-state index contributed by atoms with van der Waals surface area (Å²) in [7, 11) is 0. The number of hydrogen-bond acceptors (Lipinski definition) is 0. The number of hydrogen-bond donors (Lipinski definition) is 0. The Labute approximate surface area is 200 Å². The first-order valence-corrected chi connectivity index (χ1v) is 11.7. The largest absolute Gasteiger partial charge is 0.0622 e. The molecule has 0 spiro atoms. The number of benzene rings is 6. The fourth-order valence-electron chi connectivity index (χ4n) is 4.71. The molecule has 0 bridgehead atoms. The molecule has 0 nitrogen and oxygen atoms in total. The SMILES string of the molecule is C(=Cc1ccc2c3ccc(C=Cc4ccccc4)cc3c3ccccc3c2c1)c1ccccc1. The molecule has 0 aliphatic carbocycles. The third-order valence-electron chi connectivity index (χ3n) is 6.42. The van der Waals surface area contributed by atoms with Crippen LogP contribution in [0.5, 0.6) is 0 Å². The molecule has 34 heavy (non-hydrogen) atoms. The molecular formula is C34H24. The zero-order chi connectivity index (χ0) is 22.7. The van der Waals surface area contributed by atoms with Crippen LogP contribution < -0.4 is 0 Å². The maximum atomic E-state index is 2.32. The zero-order valence-electron chi connectivity index (χ0n) is 18.9. The highest BCUT2D eigenvalue weighted by Crippen LogP contribution is 2.36. The van der Waals surface area contributed by atoms with E-state index in [1.165, 1.54) is 54.6 Å². The van der Waals surface area contributed by atoms with E-state index in [0.717, 1.165) is 0 Å². The van der Waals surface area contributed by atoms with Crippen molar-refractivity contribution in [3.63, 3.8) is 0 Å². The van der Waals surface area contributed by atoms with Crippen molar-refractivity contribution in [1.82, 2.24) is 0 Å². The minimum Gasteiger partial charge on any atom is -0.0622 e. The van der Waals surface area contributed by atoms with Gasteiger partial charge in [0.1, 0.15) is 0 Å². The molecule has 0 saturated heterocycles. The summed E-state index contributed by atoms with van der Waals surface area (Å²) in [6.07, 6.45) is 8.75. The lowest BCUT2D eigenvalue weighted by Gasteiger charge is -2.12. The van der Waals surface area contributed by atoms with E-state index in [-0.39, 0.29) is 0 Å². The number of fused-ring (bicyclic) bond motifs is 6. The Morgan fingerprint density at radius 1 is 0.265 bits per heavy atom. The molecule has 6 aromatic carbocycles. The second-order valence-corrected chi connectivity index (χ2v) is 8.64. The maximum Gasteiger partial charge on any atom is -0.00930 e. The quantitative estimate of drug-likeness (QED) is 0.192. The molecule has 0 N–H and O–H groups in total. The predicted octanol–water partition coefficient (Wildman–Crippen LogP) is 9.49. The van der Waals surface area contributed by atoms with Crippen molar-refractivity contribution >= 4 is 56.6 Å². The molecule has 160 valence electrons. The van der Waals surface area contributed by atoms with Gasteiger partial charge in [0.15, 0.2) is 0 Å². The van der Waals surface area contributed by atoms with E-state index in [9.17, 15) is 0 Å². The minimum atomic E-state index is 1.21. The van der Waals surface area contributed by atoms with Gasteiger partial charge in [0.2, 0.25) is 0 Å². The molecule has 0 aliphatic rings. The minimum absolute atomic E-state index is 1.21. The standard InChI is InChI=1S/C34H24/c1-3-9-25(10-4-1)15-17-27-19-21-31-32-22-20-28(18-16-26-11-5-2-6-12-26)24-34(32)30-14-8-7-13-29(30)33(31)23-27/h1-24H. The molecule has 0 aromatic heterocycles. The van der Waals surface area contributed by atoms with Gasteiger partial charge >= 0.3 is 0 Å². The van der Waals surface area contributed by atoms with Gasteiger partial charge in [0.05, 0.1) is 0 Å². The van der Waals surface area contributed by atoms with E-state index < -0.39 is 0 Å². The summed E-state index contributed by atoms with van der Waals surface area (Å²) in [6, 6.07) is 43.3. The van der Waals surface area contributed by atoms with Gasteiger partial charge in [0, 0.05) is 0 Å². The maximum absolute atomic E-state index is 2.32. The van der Waals surface area contributed by atoms with Crippen molar-refractivity contribution in [2.45, 2.75) is 0 Å². The van der Waals surface area contributed by atoms with Crippen LogP contribution in [0.15, 0.2) is 121 Å². The van der Waals surface area contributed by atoms with Gasteiger partial charge in [-0.05, 0) is 66.7 Å². The van der Waals surface area contributed by atoms with Crippen molar-refractivity contribution in [2.75, 3.05) is 0 Å². The van der Waals surface area contributed by atoms with E-state index in [1.54, 1.807) is 0 Å². The monoisotopic (exact) mass is 432 g/mol. The van der Waals surface area contributed by atoms with Crippen molar-refractivity contribution in [3.8, 4) is 0 Å². The molecule has 6 rings (SSSR count). The van der Waals surface area contributed by atoms with Crippen LogP contribution in [0, 0.1) is 0 Å². The molecule has 6 aromatic rings. The lowest BCUT2D eigenvalue weighted by Crippen LogP contribution is -1.85. The Morgan fingerprint density at radius 2 is 0.618 bits per heavy atom. The van der Waals surface area contributed by atoms with Crippen molar-refractivity contribution in [2.24, 2.45) is 0 Å². The summed E-state index contributed by atoms with van der Waals surface area (Å²) in [5.41, 5.74) is 4.84. The molecular weight excluding hydrogens is 408 g/mol. The Hall–Kier alpha value is -4.42. The molecule has 0 heteroatoms. The molecule has 0 unspecified atom stereocenters. The summed E-state index contributed by atoms with van der Waals surface area (Å²) >= 11 is 0. The molecule has 0 atom stereocenters. The van der Waals surface area contributed by atoms with Crippen LogP contribution in [-0.2, 0) is 0 Å². The van der Waals surface area contributed by atoms with Gasteiger partial charge in [-0.1, -0.05) is 133 Å². The van der Waals surface area contributed by atoms with Gasteiger partial charge < -0.3 is 0 Å². The Kier molecular flexibility index (Phi) is 5.26. The van der Waals surface area contributed by atoms with E-state index in [4.69, 9.17) is 0 Å². The second kappa shape index (κ2) is 8.84. The highest BCUT2D eigenvalue weighted by atomic mass is 14.1. The summed E-state index contributed by atoms with van der Waals surface area (Å²) < 4.78 is 0. The Balaban J connectivity index is 1.49. The topological polar surface area (TPSA) is 0 Å². The third-order valence-corrected chi connectivity index (χ3v) is 6.42. The summed E-state index contributed by atoms with van der Waals surface area (Å²) in [4.78, 5) is 0. The van der Waals surface area contributed by atoms with E-state index in [1.807, 2.05) is 12.1 Å². The average Bonchev–Trinajstić information content (AvgIpc) is 2.92. The van der Waals surface area contributed by atoms with Gasteiger partial charge in [-0.2, -0.15) is 0 Å². The predicted molar refractivity (Wildman–Crippen MR) is 150 cm³/mol. The van der Waals surface area contributed by atoms with Crippen LogP contribution >= 0.6 is 0 Å². The molecule has 0 aliphatic heterocycles. The van der Waals surface area contributed by atoms with Crippen LogP contribution in [0.4, 0.5) is 0 Å². The first-order chi connectivity index (χ1) is 16.8. The van der Waals surface area contributed by atoms with Crippen LogP contribution in [0.3, 0.4) is 0 Å². The molecule has 0 radical (unpaired) electrons. The van der Waals surface area contributed by atoms with Crippen molar-refractivity contribution in [1.29, 1.82) is 0 Å². The Bertz CT molecular complexity index is 1520. The fraction of sp³-hybridized carbons (Fsp3) is 0. The van der Waals surface area contributed by atoms with Crippen LogP contribution in [0.25, 0.3) is 56.6 Å². The molecule has 0 fully saturated rings. The highest BCUT2D eigenvalue weighted by Gasteiger charge is 2.09. The van der Waals surface area contributed by atoms with Crippen LogP contribution in [0.2, 0.25) is 0 Å². The first-order valence-electron chi connectivity index (χ1n) is 11.7. The van der Waals surface area contributed by atoms with Gasteiger partial charge in [-0.15, -0.1) is 0 Å². The first kappa shape index (κ1) is 20.2. The van der Waals surface area contributed by atoms with E-state index in [0.29, 0.717) is 0 Å². The Morgan fingerprint density at radius 3 is 1.06 bits per heavy atom. The smallest absolute Gasteiger partial charge is 0.00930 e. The van der Waals surface area contributed by atoms with Gasteiger partial charge in [-0.25, -0.2) is 0 Å². The lowest BCUT2D eigenvalue weighted by molar-refractivity contribution is 1.66. The summed E-state index contributed by atoms with van der Waals surface area (Å²) in [6.45, 7) is 0. The van der Waals surface area contributed by atoms with Crippen molar-refractivity contribution < 1.29 is 0 Å². The molecule has 0 amide bonds. The third kappa shape index (κ3) is 3.91. The van der Waals surface area contributed by atoms with Crippen molar-refractivity contribution in [3.05, 3.63) is 144 Å². The highest BCUT2D eigenvalue weighted by molar-refractivity contribution is 6.25. The van der Waals surface area contributed by atoms with E-state index >= 15 is 0 Å². The number of rotatable bonds is 4.